The van der Waals surface area contributed by atoms with Gasteiger partial charge in [0.05, 0.1) is 20.8 Å². The summed E-state index contributed by atoms with van der Waals surface area (Å²) in [6.07, 6.45) is 1.42. The van der Waals surface area contributed by atoms with Gasteiger partial charge in [-0.05, 0) is 48.4 Å². The molecule has 12 heteroatoms. The SMILES string of the molecule is C=C(C)c1ccc(S(=O)(=O)Nc2nc(-c3cccc(OCCO)c3)nc(OC)c2Oc2ccccc2OC)nc1. The number of aliphatic hydroxyl groups is 1. The van der Waals surface area contributed by atoms with E-state index in [0.29, 0.717) is 22.6 Å². The van der Waals surface area contributed by atoms with E-state index in [4.69, 9.17) is 24.1 Å². The number of hydrogen-bond donors (Lipinski definition) is 2. The van der Waals surface area contributed by atoms with E-state index in [1.807, 2.05) is 0 Å². The fourth-order valence-electron chi connectivity index (χ4n) is 3.53. The van der Waals surface area contributed by atoms with Gasteiger partial charge in [0.25, 0.3) is 15.9 Å². The second-order valence-electron chi connectivity index (χ2n) is 8.36. The molecule has 0 aliphatic rings. The van der Waals surface area contributed by atoms with Gasteiger partial charge in [-0.2, -0.15) is 13.4 Å². The maximum Gasteiger partial charge on any atom is 0.280 e. The van der Waals surface area contributed by atoms with Crippen LogP contribution in [0.1, 0.15) is 12.5 Å². The van der Waals surface area contributed by atoms with Crippen molar-refractivity contribution < 1.29 is 32.5 Å². The lowest BCUT2D eigenvalue weighted by Crippen LogP contribution is -2.17. The largest absolute Gasteiger partial charge is 0.493 e. The number of aliphatic hydroxyl groups excluding tert-OH is 1. The Kier molecular flexibility index (Phi) is 8.82. The van der Waals surface area contributed by atoms with E-state index in [9.17, 15) is 8.42 Å². The van der Waals surface area contributed by atoms with Gasteiger partial charge in [-0.3, -0.25) is 4.72 Å². The summed E-state index contributed by atoms with van der Waals surface area (Å²) in [5.41, 5.74) is 1.95. The van der Waals surface area contributed by atoms with Crippen LogP contribution in [0, 0.1) is 0 Å². The molecule has 0 aliphatic heterocycles. The summed E-state index contributed by atoms with van der Waals surface area (Å²) < 4.78 is 51.7. The number of aromatic nitrogens is 3. The molecule has 11 nitrogen and oxygen atoms in total. The summed E-state index contributed by atoms with van der Waals surface area (Å²) in [7, 11) is -1.38. The quantitative estimate of drug-likeness (QED) is 0.252. The average molecular weight is 565 g/mol. The summed E-state index contributed by atoms with van der Waals surface area (Å²) in [6.45, 7) is 5.58. The maximum atomic E-state index is 13.4. The zero-order chi connectivity index (χ0) is 28.7. The molecule has 40 heavy (non-hydrogen) atoms. The van der Waals surface area contributed by atoms with Crippen molar-refractivity contribution >= 4 is 21.4 Å². The molecule has 2 aromatic heterocycles. The van der Waals surface area contributed by atoms with Crippen LogP contribution < -0.4 is 23.7 Å². The highest BCUT2D eigenvalue weighted by molar-refractivity contribution is 7.92. The van der Waals surface area contributed by atoms with Gasteiger partial charge in [-0.1, -0.05) is 36.9 Å². The lowest BCUT2D eigenvalue weighted by Gasteiger charge is -2.17. The number of methoxy groups -OCH3 is 2. The minimum absolute atomic E-state index is 0.0409. The zero-order valence-corrected chi connectivity index (χ0v) is 22.9. The molecular weight excluding hydrogens is 536 g/mol. The molecule has 0 spiro atoms. The summed E-state index contributed by atoms with van der Waals surface area (Å²) in [4.78, 5) is 13.0. The van der Waals surface area contributed by atoms with Gasteiger partial charge in [0.15, 0.2) is 28.2 Å². The number of allylic oxidation sites excluding steroid dienone is 1. The van der Waals surface area contributed by atoms with Crippen LogP contribution in [0.2, 0.25) is 0 Å². The van der Waals surface area contributed by atoms with Gasteiger partial charge in [0.2, 0.25) is 5.75 Å². The van der Waals surface area contributed by atoms with Crippen LogP contribution in [0.3, 0.4) is 0 Å². The van der Waals surface area contributed by atoms with Crippen molar-refractivity contribution in [3.05, 3.63) is 79.0 Å². The molecule has 0 atom stereocenters. The van der Waals surface area contributed by atoms with E-state index >= 15 is 0 Å². The number of pyridine rings is 1. The molecule has 4 aromatic rings. The van der Waals surface area contributed by atoms with Crippen LogP contribution in [-0.2, 0) is 10.0 Å². The summed E-state index contributed by atoms with van der Waals surface area (Å²) >= 11 is 0. The van der Waals surface area contributed by atoms with Gasteiger partial charge >= 0.3 is 0 Å². The molecule has 208 valence electrons. The second-order valence-corrected chi connectivity index (χ2v) is 9.99. The first-order valence-corrected chi connectivity index (χ1v) is 13.5. The first-order valence-electron chi connectivity index (χ1n) is 12.0. The first kappa shape index (κ1) is 28.3. The van der Waals surface area contributed by atoms with Crippen LogP contribution in [0.5, 0.6) is 28.9 Å². The number of hydrogen-bond acceptors (Lipinski definition) is 10. The molecule has 4 rings (SSSR count). The van der Waals surface area contributed by atoms with Gasteiger partial charge in [0, 0.05) is 11.8 Å². The van der Waals surface area contributed by atoms with Crippen molar-refractivity contribution in [3.8, 4) is 40.3 Å². The predicted octanol–water partition coefficient (Wildman–Crippen LogP) is 4.55. The fraction of sp³-hybridized carbons (Fsp3) is 0.179. The van der Waals surface area contributed by atoms with E-state index < -0.39 is 10.0 Å². The third-order valence-electron chi connectivity index (χ3n) is 5.50. The zero-order valence-electron chi connectivity index (χ0n) is 22.1. The average Bonchev–Trinajstić information content (AvgIpc) is 2.97. The molecule has 2 N–H and O–H groups in total. The Balaban J connectivity index is 1.83. The molecule has 2 heterocycles. The number of ether oxygens (including phenoxy) is 4. The number of sulfonamides is 1. The molecule has 0 aliphatic carbocycles. The summed E-state index contributed by atoms with van der Waals surface area (Å²) in [6, 6.07) is 16.6. The summed E-state index contributed by atoms with van der Waals surface area (Å²) in [5.74, 6) is 0.942. The maximum absolute atomic E-state index is 13.4. The van der Waals surface area contributed by atoms with Crippen LogP contribution in [0.25, 0.3) is 17.0 Å². The molecular formula is C28H28N4O7S. The summed E-state index contributed by atoms with van der Waals surface area (Å²) in [5, 5.41) is 8.85. The van der Waals surface area contributed by atoms with Crippen molar-refractivity contribution in [2.75, 3.05) is 32.2 Å². The smallest absolute Gasteiger partial charge is 0.280 e. The van der Waals surface area contributed by atoms with Crippen LogP contribution >= 0.6 is 0 Å². The van der Waals surface area contributed by atoms with E-state index in [1.165, 1.54) is 26.5 Å². The topological polar surface area (TPSA) is 142 Å². The molecule has 0 bridgehead atoms. The lowest BCUT2D eigenvalue weighted by atomic mass is 10.2. The Hall–Kier alpha value is -4.68. The van der Waals surface area contributed by atoms with E-state index in [2.05, 4.69) is 26.3 Å². The lowest BCUT2D eigenvalue weighted by molar-refractivity contribution is 0.201. The molecule has 2 aromatic carbocycles. The molecule has 0 saturated heterocycles. The van der Waals surface area contributed by atoms with Crippen molar-refractivity contribution in [1.82, 2.24) is 15.0 Å². The monoisotopic (exact) mass is 564 g/mol. The highest BCUT2D eigenvalue weighted by Gasteiger charge is 2.25. The minimum Gasteiger partial charge on any atom is -0.493 e. The number of para-hydroxylation sites is 2. The van der Waals surface area contributed by atoms with Crippen molar-refractivity contribution in [3.63, 3.8) is 0 Å². The Morgan fingerprint density at radius 3 is 2.42 bits per heavy atom. The standard InChI is InChI=1S/C28H28N4O7S/c1-18(2)20-12-13-24(29-17-20)40(34,35)32-27-25(39-23-11-6-5-10-22(23)36-3)28(37-4)31-26(30-27)19-8-7-9-21(16-19)38-15-14-33/h5-13,16-17,33H,1,14-15H2,2-4H3,(H,30,31,32). The Morgan fingerprint density at radius 2 is 1.77 bits per heavy atom. The number of benzene rings is 2. The predicted molar refractivity (Wildman–Crippen MR) is 149 cm³/mol. The van der Waals surface area contributed by atoms with Crippen LogP contribution in [-0.4, -0.2) is 55.9 Å². The number of nitrogens with one attached hydrogen (secondary N) is 1. The van der Waals surface area contributed by atoms with Crippen molar-refractivity contribution in [2.45, 2.75) is 11.9 Å². The van der Waals surface area contributed by atoms with Crippen LogP contribution in [0.4, 0.5) is 5.82 Å². The van der Waals surface area contributed by atoms with E-state index in [0.717, 1.165) is 5.57 Å². The molecule has 0 fully saturated rings. The number of nitrogens with zero attached hydrogens (tertiary/aromatic N) is 3. The first-order chi connectivity index (χ1) is 19.2. The fourth-order valence-corrected chi connectivity index (χ4v) is 4.47. The minimum atomic E-state index is -4.23. The van der Waals surface area contributed by atoms with Gasteiger partial charge in [-0.25, -0.2) is 9.97 Å². The Morgan fingerprint density at radius 1 is 1.00 bits per heavy atom. The van der Waals surface area contributed by atoms with Crippen molar-refractivity contribution in [1.29, 1.82) is 0 Å². The molecule has 0 amide bonds. The normalized spacial score (nSPS) is 11.0. The third kappa shape index (κ3) is 6.47. The number of rotatable bonds is 12. The number of anilines is 1. The Bertz CT molecular complexity index is 1610. The van der Waals surface area contributed by atoms with Crippen LogP contribution in [0.15, 0.2) is 78.5 Å². The van der Waals surface area contributed by atoms with E-state index in [1.54, 1.807) is 61.5 Å². The molecule has 0 saturated carbocycles. The molecule has 0 radical (unpaired) electrons. The van der Waals surface area contributed by atoms with Crippen molar-refractivity contribution in [2.24, 2.45) is 0 Å². The Labute approximate surface area is 232 Å². The highest BCUT2D eigenvalue weighted by Crippen LogP contribution is 2.41. The highest BCUT2D eigenvalue weighted by atomic mass is 32.2. The third-order valence-corrected chi connectivity index (χ3v) is 6.75. The second kappa shape index (κ2) is 12.5. The van der Waals surface area contributed by atoms with Gasteiger partial charge < -0.3 is 24.1 Å². The van der Waals surface area contributed by atoms with E-state index in [-0.39, 0.29) is 47.3 Å². The van der Waals surface area contributed by atoms with Gasteiger partial charge in [-0.15, -0.1) is 0 Å². The molecule has 0 unspecified atom stereocenters. The van der Waals surface area contributed by atoms with Gasteiger partial charge in [0.1, 0.15) is 12.4 Å².